The van der Waals surface area contributed by atoms with Crippen LogP contribution in [-0.2, 0) is 0 Å². The van der Waals surface area contributed by atoms with Gasteiger partial charge in [0, 0.05) is 32.3 Å². The minimum Gasteiger partial charge on any atom is -0.507 e. The molecule has 0 saturated heterocycles. The lowest BCUT2D eigenvalue weighted by Crippen LogP contribution is -2.07. The topological polar surface area (TPSA) is 32.3 Å². The zero-order valence-electron chi connectivity index (χ0n) is 12.5. The maximum Gasteiger partial charge on any atom is 0.123 e. The number of hydrogen-bond donors (Lipinski definition) is 2. The molecular weight excluding hydrogens is 278 g/mol. The summed E-state index contributed by atoms with van der Waals surface area (Å²) in [5.74, 6) is 0.325. The Bertz CT molecular complexity index is 791. The third kappa shape index (κ3) is 2.61. The van der Waals surface area contributed by atoms with Gasteiger partial charge in [-0.1, -0.05) is 24.3 Å². The van der Waals surface area contributed by atoms with Crippen LogP contribution in [0.15, 0.2) is 42.5 Å². The molecule has 0 aliphatic carbocycles. The average Bonchev–Trinajstić information content (AvgIpc) is 2.79. The molecule has 3 heteroatoms. The van der Waals surface area contributed by atoms with E-state index in [1.165, 1.54) is 15.3 Å². The van der Waals surface area contributed by atoms with Crippen LogP contribution in [-0.4, -0.2) is 5.11 Å². The normalized spacial score (nSPS) is 12.5. The van der Waals surface area contributed by atoms with Crippen LogP contribution in [0.1, 0.15) is 28.3 Å². The molecule has 108 valence electrons. The fraction of sp³-hybridized carbons (Fsp3) is 0.222. The molecule has 3 aromatic rings. The van der Waals surface area contributed by atoms with E-state index in [-0.39, 0.29) is 6.04 Å². The minimum atomic E-state index is 0.239. The van der Waals surface area contributed by atoms with Crippen molar-refractivity contribution in [1.82, 2.24) is 0 Å². The van der Waals surface area contributed by atoms with E-state index in [0.717, 1.165) is 16.5 Å². The second-order valence-corrected chi connectivity index (χ2v) is 6.87. The van der Waals surface area contributed by atoms with Crippen LogP contribution in [0.3, 0.4) is 0 Å². The first kappa shape index (κ1) is 14.0. The fourth-order valence-electron chi connectivity index (χ4n) is 2.81. The van der Waals surface area contributed by atoms with E-state index >= 15 is 0 Å². The van der Waals surface area contributed by atoms with Gasteiger partial charge in [0.25, 0.3) is 0 Å². The molecule has 0 fully saturated rings. The number of phenols is 1. The number of benzene rings is 2. The van der Waals surface area contributed by atoms with Gasteiger partial charge in [-0.3, -0.25) is 0 Å². The van der Waals surface area contributed by atoms with Gasteiger partial charge >= 0.3 is 0 Å². The molecule has 0 spiro atoms. The Kier molecular flexibility index (Phi) is 3.60. The highest BCUT2D eigenvalue weighted by Gasteiger charge is 2.12. The Balaban J connectivity index is 1.98. The highest BCUT2D eigenvalue weighted by atomic mass is 32.1. The van der Waals surface area contributed by atoms with E-state index < -0.39 is 0 Å². The summed E-state index contributed by atoms with van der Waals surface area (Å²) in [6.07, 6.45) is 0. The van der Waals surface area contributed by atoms with E-state index in [2.05, 4.69) is 38.2 Å². The molecule has 1 aromatic heterocycles. The maximum absolute atomic E-state index is 9.97. The number of phenolic OH excluding ortho intramolecular Hbond substituents is 1. The average molecular weight is 297 g/mol. The van der Waals surface area contributed by atoms with Gasteiger partial charge in [0.2, 0.25) is 0 Å². The Morgan fingerprint density at radius 1 is 1.05 bits per heavy atom. The number of anilines is 1. The van der Waals surface area contributed by atoms with Crippen molar-refractivity contribution in [3.05, 3.63) is 57.8 Å². The molecule has 1 unspecified atom stereocenters. The lowest BCUT2D eigenvalue weighted by atomic mass is 10.1. The molecule has 0 saturated carbocycles. The maximum atomic E-state index is 9.97. The van der Waals surface area contributed by atoms with Crippen molar-refractivity contribution in [3.63, 3.8) is 0 Å². The molecule has 1 heterocycles. The lowest BCUT2D eigenvalue weighted by molar-refractivity contribution is 0.481. The van der Waals surface area contributed by atoms with E-state index in [0.29, 0.717) is 5.75 Å². The summed E-state index contributed by atoms with van der Waals surface area (Å²) < 4.78 is 0. The number of aromatic hydroxyl groups is 1. The summed E-state index contributed by atoms with van der Waals surface area (Å²) in [5.41, 5.74) is 2.40. The van der Waals surface area contributed by atoms with Crippen molar-refractivity contribution in [1.29, 1.82) is 0 Å². The Labute approximate surface area is 129 Å². The molecule has 3 rings (SSSR count). The molecule has 0 bridgehead atoms. The van der Waals surface area contributed by atoms with Gasteiger partial charge in [-0.15, -0.1) is 11.3 Å². The highest BCUT2D eigenvalue weighted by molar-refractivity contribution is 7.12. The number of fused-ring (bicyclic) bond motifs is 1. The standard InChI is InChI=1S/C18H19NOS/c1-11-10-16(13(3)21-11)12(2)19-17-8-4-7-15-14(17)6-5-9-18(15)20/h4-10,12,19-20H,1-3H3. The quantitative estimate of drug-likeness (QED) is 0.678. The van der Waals surface area contributed by atoms with Crippen LogP contribution < -0.4 is 5.32 Å². The number of nitrogens with one attached hydrogen (secondary N) is 1. The monoisotopic (exact) mass is 297 g/mol. The first-order chi connectivity index (χ1) is 10.1. The van der Waals surface area contributed by atoms with Crippen molar-refractivity contribution in [2.24, 2.45) is 0 Å². The van der Waals surface area contributed by atoms with E-state index in [9.17, 15) is 5.11 Å². The Hall–Kier alpha value is -2.00. The zero-order valence-corrected chi connectivity index (χ0v) is 13.3. The third-order valence-corrected chi connectivity index (χ3v) is 4.80. The van der Waals surface area contributed by atoms with Gasteiger partial charge in [0.15, 0.2) is 0 Å². The Morgan fingerprint density at radius 2 is 1.76 bits per heavy atom. The van der Waals surface area contributed by atoms with E-state index in [4.69, 9.17) is 0 Å². The van der Waals surface area contributed by atoms with E-state index in [1.54, 1.807) is 6.07 Å². The SMILES string of the molecule is Cc1cc(C(C)Nc2cccc3c(O)cccc23)c(C)s1. The van der Waals surface area contributed by atoms with Crippen LogP contribution in [0.4, 0.5) is 5.69 Å². The van der Waals surface area contributed by atoms with Crippen LogP contribution in [0.25, 0.3) is 10.8 Å². The summed E-state index contributed by atoms with van der Waals surface area (Å²) in [6, 6.07) is 14.1. The van der Waals surface area contributed by atoms with Gasteiger partial charge in [-0.05, 0) is 44.5 Å². The molecule has 1 atom stereocenters. The van der Waals surface area contributed by atoms with Gasteiger partial charge in [0.1, 0.15) is 5.75 Å². The summed E-state index contributed by atoms with van der Waals surface area (Å²) in [4.78, 5) is 2.70. The van der Waals surface area contributed by atoms with Crippen LogP contribution in [0, 0.1) is 13.8 Å². The highest BCUT2D eigenvalue weighted by Crippen LogP contribution is 2.33. The van der Waals surface area contributed by atoms with Crippen LogP contribution in [0.5, 0.6) is 5.75 Å². The lowest BCUT2D eigenvalue weighted by Gasteiger charge is -2.17. The first-order valence-corrected chi connectivity index (χ1v) is 7.92. The second-order valence-electron chi connectivity index (χ2n) is 5.41. The number of hydrogen-bond acceptors (Lipinski definition) is 3. The molecule has 0 aliphatic rings. The molecular formula is C18H19NOS. The molecule has 2 nitrogen and oxygen atoms in total. The number of rotatable bonds is 3. The molecule has 2 N–H and O–H groups in total. The summed E-state index contributed by atoms with van der Waals surface area (Å²) in [7, 11) is 0. The predicted octanol–water partition coefficient (Wildman–Crippen LogP) is 5.40. The van der Waals surface area contributed by atoms with Crippen LogP contribution in [0.2, 0.25) is 0 Å². The molecule has 21 heavy (non-hydrogen) atoms. The minimum absolute atomic E-state index is 0.239. The number of thiophene rings is 1. The van der Waals surface area contributed by atoms with Crippen molar-refractivity contribution in [3.8, 4) is 5.75 Å². The van der Waals surface area contributed by atoms with Gasteiger partial charge in [0.05, 0.1) is 0 Å². The zero-order chi connectivity index (χ0) is 15.0. The predicted molar refractivity (Wildman–Crippen MR) is 91.4 cm³/mol. The van der Waals surface area contributed by atoms with Crippen molar-refractivity contribution in [2.75, 3.05) is 5.32 Å². The summed E-state index contributed by atoms with van der Waals surface area (Å²) in [6.45, 7) is 6.49. The second kappa shape index (κ2) is 5.41. The molecule has 0 aliphatic heterocycles. The molecule has 0 amide bonds. The largest absolute Gasteiger partial charge is 0.507 e. The number of aryl methyl sites for hydroxylation is 2. The van der Waals surface area contributed by atoms with Crippen molar-refractivity contribution >= 4 is 27.8 Å². The smallest absolute Gasteiger partial charge is 0.123 e. The molecule has 0 radical (unpaired) electrons. The summed E-state index contributed by atoms with van der Waals surface area (Å²) in [5, 5.41) is 15.5. The third-order valence-electron chi connectivity index (χ3n) is 3.82. The van der Waals surface area contributed by atoms with Crippen molar-refractivity contribution < 1.29 is 5.11 Å². The fourth-order valence-corrected chi connectivity index (χ4v) is 3.83. The van der Waals surface area contributed by atoms with Gasteiger partial charge < -0.3 is 10.4 Å². The van der Waals surface area contributed by atoms with E-state index in [1.807, 2.05) is 35.6 Å². The first-order valence-electron chi connectivity index (χ1n) is 7.10. The van der Waals surface area contributed by atoms with Gasteiger partial charge in [-0.2, -0.15) is 0 Å². The summed E-state index contributed by atoms with van der Waals surface area (Å²) >= 11 is 1.83. The van der Waals surface area contributed by atoms with Crippen LogP contribution >= 0.6 is 11.3 Å². The molecule has 2 aromatic carbocycles. The van der Waals surface area contributed by atoms with Gasteiger partial charge in [-0.25, -0.2) is 0 Å². The van der Waals surface area contributed by atoms with Crippen molar-refractivity contribution in [2.45, 2.75) is 26.8 Å². The Morgan fingerprint density at radius 3 is 2.48 bits per heavy atom.